The number of fused-ring (bicyclic) bond motifs is 1. The molecular weight excluding hydrogens is 245 g/mol. The monoisotopic (exact) mass is 260 g/mol. The average molecular weight is 260 g/mol. The molecule has 100 valence electrons. The van der Waals surface area contributed by atoms with Crippen LogP contribution in [0.15, 0.2) is 18.2 Å². The Balaban J connectivity index is 1.77. The third-order valence-corrected chi connectivity index (χ3v) is 2.90. The SMILES string of the molecule is Nc1cccc2c1CN(CCOCC(F)(F)F)C2. The van der Waals surface area contributed by atoms with Gasteiger partial charge in [-0.15, -0.1) is 0 Å². The van der Waals surface area contributed by atoms with Gasteiger partial charge in [0.1, 0.15) is 6.61 Å². The number of rotatable bonds is 4. The van der Waals surface area contributed by atoms with Gasteiger partial charge in [0.2, 0.25) is 0 Å². The van der Waals surface area contributed by atoms with Crippen molar-refractivity contribution in [2.75, 3.05) is 25.5 Å². The Bertz CT molecular complexity index is 420. The van der Waals surface area contributed by atoms with Crippen molar-refractivity contribution in [3.63, 3.8) is 0 Å². The van der Waals surface area contributed by atoms with Crippen LogP contribution in [-0.4, -0.2) is 30.8 Å². The van der Waals surface area contributed by atoms with Crippen LogP contribution in [0, 0.1) is 0 Å². The Morgan fingerprint density at radius 3 is 2.72 bits per heavy atom. The van der Waals surface area contributed by atoms with Crippen molar-refractivity contribution < 1.29 is 17.9 Å². The molecule has 0 atom stereocenters. The molecule has 0 amide bonds. The summed E-state index contributed by atoms with van der Waals surface area (Å²) >= 11 is 0. The second-order valence-corrected chi connectivity index (χ2v) is 4.36. The highest BCUT2D eigenvalue weighted by molar-refractivity contribution is 5.52. The Kier molecular flexibility index (Phi) is 3.77. The van der Waals surface area contributed by atoms with Crippen molar-refractivity contribution in [1.29, 1.82) is 0 Å². The van der Waals surface area contributed by atoms with E-state index in [2.05, 4.69) is 4.74 Å². The summed E-state index contributed by atoms with van der Waals surface area (Å²) in [6.45, 7) is 0.765. The van der Waals surface area contributed by atoms with Gasteiger partial charge in [-0.2, -0.15) is 13.2 Å². The van der Waals surface area contributed by atoms with Gasteiger partial charge in [-0.1, -0.05) is 12.1 Å². The van der Waals surface area contributed by atoms with E-state index in [1.165, 1.54) is 0 Å². The van der Waals surface area contributed by atoms with Crippen LogP contribution in [0.5, 0.6) is 0 Å². The summed E-state index contributed by atoms with van der Waals surface area (Å²) in [5.74, 6) is 0. The number of benzene rings is 1. The second kappa shape index (κ2) is 5.16. The summed E-state index contributed by atoms with van der Waals surface area (Å²) in [6.07, 6.45) is -4.25. The Hall–Kier alpha value is -1.27. The molecule has 0 radical (unpaired) electrons. The van der Waals surface area contributed by atoms with Crippen LogP contribution in [0.4, 0.5) is 18.9 Å². The van der Waals surface area contributed by atoms with Crippen molar-refractivity contribution in [2.24, 2.45) is 0 Å². The van der Waals surface area contributed by atoms with E-state index in [-0.39, 0.29) is 6.61 Å². The molecule has 1 aliphatic rings. The summed E-state index contributed by atoms with van der Waals surface area (Å²) in [6, 6.07) is 5.71. The van der Waals surface area contributed by atoms with Crippen LogP contribution in [-0.2, 0) is 17.8 Å². The van der Waals surface area contributed by atoms with E-state index in [1.54, 1.807) is 0 Å². The van der Waals surface area contributed by atoms with Crippen molar-refractivity contribution in [2.45, 2.75) is 19.3 Å². The smallest absolute Gasteiger partial charge is 0.398 e. The fourth-order valence-corrected chi connectivity index (χ4v) is 2.06. The molecule has 18 heavy (non-hydrogen) atoms. The number of alkyl halides is 3. The number of nitrogens with zero attached hydrogens (tertiary/aromatic N) is 1. The molecular formula is C12H15F3N2O. The lowest BCUT2D eigenvalue weighted by Crippen LogP contribution is -2.25. The highest BCUT2D eigenvalue weighted by Crippen LogP contribution is 2.27. The molecule has 0 aliphatic carbocycles. The molecule has 1 aliphatic heterocycles. The molecule has 1 aromatic rings. The van der Waals surface area contributed by atoms with Crippen molar-refractivity contribution in [1.82, 2.24) is 4.90 Å². The molecule has 2 N–H and O–H groups in total. The zero-order valence-electron chi connectivity index (χ0n) is 9.83. The van der Waals surface area contributed by atoms with E-state index in [4.69, 9.17) is 5.73 Å². The van der Waals surface area contributed by atoms with Gasteiger partial charge < -0.3 is 10.5 Å². The van der Waals surface area contributed by atoms with E-state index in [9.17, 15) is 13.2 Å². The number of halogens is 3. The minimum absolute atomic E-state index is 0.0768. The van der Waals surface area contributed by atoms with E-state index >= 15 is 0 Å². The molecule has 0 saturated heterocycles. The van der Waals surface area contributed by atoms with E-state index in [1.807, 2.05) is 23.1 Å². The number of anilines is 1. The normalized spacial score (nSPS) is 15.9. The highest BCUT2D eigenvalue weighted by Gasteiger charge is 2.27. The first-order valence-corrected chi connectivity index (χ1v) is 5.69. The quantitative estimate of drug-likeness (QED) is 0.666. The van der Waals surface area contributed by atoms with Crippen molar-refractivity contribution in [3.05, 3.63) is 29.3 Å². The minimum atomic E-state index is -4.25. The van der Waals surface area contributed by atoms with Gasteiger partial charge in [-0.05, 0) is 17.2 Å². The molecule has 6 heteroatoms. The Labute approximate surface area is 103 Å². The lowest BCUT2D eigenvalue weighted by Gasteiger charge is -2.15. The van der Waals surface area contributed by atoms with E-state index in [0.717, 1.165) is 23.4 Å². The fourth-order valence-electron chi connectivity index (χ4n) is 2.06. The number of hydrogen-bond donors (Lipinski definition) is 1. The summed E-state index contributed by atoms with van der Waals surface area (Å²) in [7, 11) is 0. The van der Waals surface area contributed by atoms with Gasteiger partial charge >= 0.3 is 6.18 Å². The summed E-state index contributed by atoms with van der Waals surface area (Å²) in [5.41, 5.74) is 8.80. The molecule has 2 rings (SSSR count). The molecule has 0 fully saturated rings. The van der Waals surface area contributed by atoms with Crippen molar-refractivity contribution in [3.8, 4) is 0 Å². The second-order valence-electron chi connectivity index (χ2n) is 4.36. The van der Waals surface area contributed by atoms with Crippen LogP contribution < -0.4 is 5.73 Å². The molecule has 0 spiro atoms. The van der Waals surface area contributed by atoms with E-state index < -0.39 is 12.8 Å². The summed E-state index contributed by atoms with van der Waals surface area (Å²) in [5, 5.41) is 0. The molecule has 1 heterocycles. The number of nitrogens with two attached hydrogens (primary N) is 1. The van der Waals surface area contributed by atoms with Gasteiger partial charge in [-0.3, -0.25) is 4.90 Å². The third kappa shape index (κ3) is 3.36. The van der Waals surface area contributed by atoms with Gasteiger partial charge in [0, 0.05) is 25.3 Å². The number of hydrogen-bond acceptors (Lipinski definition) is 3. The maximum atomic E-state index is 11.9. The van der Waals surface area contributed by atoms with Gasteiger partial charge in [0.05, 0.1) is 6.61 Å². The standard InChI is InChI=1S/C12H15F3N2O/c13-12(14,15)8-18-5-4-17-6-9-2-1-3-11(16)10(9)7-17/h1-3H,4-8,16H2. The van der Waals surface area contributed by atoms with Crippen LogP contribution >= 0.6 is 0 Å². The average Bonchev–Trinajstić information content (AvgIpc) is 2.68. The lowest BCUT2D eigenvalue weighted by molar-refractivity contribution is -0.174. The maximum absolute atomic E-state index is 11.9. The van der Waals surface area contributed by atoms with E-state index in [0.29, 0.717) is 13.1 Å². The highest BCUT2D eigenvalue weighted by atomic mass is 19.4. The first-order chi connectivity index (χ1) is 8.46. The molecule has 0 aromatic heterocycles. The molecule has 0 unspecified atom stereocenters. The van der Waals surface area contributed by atoms with Gasteiger partial charge in [-0.25, -0.2) is 0 Å². The summed E-state index contributed by atoms with van der Waals surface area (Å²) in [4.78, 5) is 2.03. The first kappa shape index (κ1) is 13.2. The Morgan fingerprint density at radius 1 is 1.28 bits per heavy atom. The zero-order chi connectivity index (χ0) is 13.2. The fraction of sp³-hybridized carbons (Fsp3) is 0.500. The van der Waals surface area contributed by atoms with Crippen LogP contribution in [0.3, 0.4) is 0 Å². The minimum Gasteiger partial charge on any atom is -0.398 e. The first-order valence-electron chi connectivity index (χ1n) is 5.69. The lowest BCUT2D eigenvalue weighted by atomic mass is 10.1. The molecule has 0 bridgehead atoms. The summed E-state index contributed by atoms with van der Waals surface area (Å²) < 4.78 is 40.2. The van der Waals surface area contributed by atoms with Crippen LogP contribution in [0.1, 0.15) is 11.1 Å². The molecule has 1 aromatic carbocycles. The predicted octanol–water partition coefficient (Wildman–Crippen LogP) is 2.16. The Morgan fingerprint density at radius 2 is 2.06 bits per heavy atom. The van der Waals surface area contributed by atoms with Crippen LogP contribution in [0.2, 0.25) is 0 Å². The molecule has 0 saturated carbocycles. The number of nitrogen functional groups attached to an aromatic ring is 1. The van der Waals surface area contributed by atoms with Crippen molar-refractivity contribution >= 4 is 5.69 Å². The van der Waals surface area contributed by atoms with Gasteiger partial charge in [0.25, 0.3) is 0 Å². The third-order valence-electron chi connectivity index (χ3n) is 2.90. The largest absolute Gasteiger partial charge is 0.411 e. The van der Waals surface area contributed by atoms with Crippen LogP contribution in [0.25, 0.3) is 0 Å². The maximum Gasteiger partial charge on any atom is 0.411 e. The predicted molar refractivity (Wildman–Crippen MR) is 61.8 cm³/mol. The topological polar surface area (TPSA) is 38.5 Å². The van der Waals surface area contributed by atoms with Gasteiger partial charge in [0.15, 0.2) is 0 Å². The molecule has 3 nitrogen and oxygen atoms in total. The zero-order valence-corrected chi connectivity index (χ0v) is 9.83. The number of ether oxygens (including phenoxy) is 1.